The predicted molar refractivity (Wildman–Crippen MR) is 110 cm³/mol. The van der Waals surface area contributed by atoms with Gasteiger partial charge in [-0.05, 0) is 66.9 Å². The first-order chi connectivity index (χ1) is 13.3. The van der Waals surface area contributed by atoms with Crippen molar-refractivity contribution in [3.05, 3.63) is 65.4 Å². The fourth-order valence-electron chi connectivity index (χ4n) is 4.03. The second-order valence-corrected chi connectivity index (χ2v) is 7.60. The van der Waals surface area contributed by atoms with Gasteiger partial charge in [0.05, 0.1) is 0 Å². The Balaban J connectivity index is 1.30. The molecule has 1 amide bonds. The molecule has 1 saturated heterocycles. The minimum Gasteiger partial charge on any atom is -0.370 e. The van der Waals surface area contributed by atoms with E-state index in [1.54, 1.807) is 6.08 Å². The van der Waals surface area contributed by atoms with Gasteiger partial charge in [-0.3, -0.25) is 4.79 Å². The summed E-state index contributed by atoms with van der Waals surface area (Å²) in [5.74, 6) is 1.78. The number of anilines is 1. The molecule has 2 aromatic rings. The molecule has 2 aliphatic rings. The molecule has 4 rings (SSSR count). The van der Waals surface area contributed by atoms with Crippen LogP contribution < -0.4 is 5.32 Å². The van der Waals surface area contributed by atoms with Crippen molar-refractivity contribution in [3.63, 3.8) is 0 Å². The summed E-state index contributed by atoms with van der Waals surface area (Å²) in [6, 6.07) is 12.8. The van der Waals surface area contributed by atoms with Crippen LogP contribution in [0.1, 0.15) is 36.0 Å². The smallest absolute Gasteiger partial charge is 0.246 e. The van der Waals surface area contributed by atoms with Gasteiger partial charge in [-0.15, -0.1) is 0 Å². The fourth-order valence-corrected chi connectivity index (χ4v) is 4.03. The summed E-state index contributed by atoms with van der Waals surface area (Å²) in [6.45, 7) is 2.70. The van der Waals surface area contributed by atoms with E-state index in [4.69, 9.17) is 0 Å². The normalized spacial score (nSPS) is 17.6. The molecule has 0 atom stereocenters. The topological polar surface area (TPSA) is 45.2 Å². The van der Waals surface area contributed by atoms with Gasteiger partial charge in [0.15, 0.2) is 0 Å². The summed E-state index contributed by atoms with van der Waals surface area (Å²) in [4.78, 5) is 19.0. The van der Waals surface area contributed by atoms with E-state index in [2.05, 4.69) is 46.7 Å². The zero-order chi connectivity index (χ0) is 18.5. The van der Waals surface area contributed by atoms with Crippen molar-refractivity contribution < 1.29 is 4.79 Å². The molecule has 0 spiro atoms. The van der Waals surface area contributed by atoms with Gasteiger partial charge in [0, 0.05) is 31.9 Å². The molecule has 1 fully saturated rings. The Kier molecular flexibility index (Phi) is 5.52. The molecule has 4 heteroatoms. The van der Waals surface area contributed by atoms with Crippen LogP contribution in [0.3, 0.4) is 0 Å². The second-order valence-electron chi connectivity index (χ2n) is 7.60. The van der Waals surface area contributed by atoms with Crippen LogP contribution in [0.25, 0.3) is 6.08 Å². The molecule has 140 valence electrons. The molecule has 27 heavy (non-hydrogen) atoms. The Labute approximate surface area is 161 Å². The van der Waals surface area contributed by atoms with Crippen LogP contribution in [0, 0.1) is 5.92 Å². The number of benzene rings is 1. The van der Waals surface area contributed by atoms with Crippen molar-refractivity contribution in [2.24, 2.45) is 5.92 Å². The number of aromatic nitrogens is 1. The number of amides is 1. The van der Waals surface area contributed by atoms with Crippen molar-refractivity contribution >= 4 is 17.8 Å². The quantitative estimate of drug-likeness (QED) is 0.839. The number of carbonyl (C=O) groups excluding carboxylic acids is 1. The number of rotatable bonds is 4. The number of carbonyl (C=O) groups is 1. The average molecular weight is 361 g/mol. The van der Waals surface area contributed by atoms with E-state index in [1.807, 2.05) is 17.2 Å². The summed E-state index contributed by atoms with van der Waals surface area (Å²) in [5, 5.41) is 3.32. The highest BCUT2D eigenvalue weighted by Gasteiger charge is 2.21. The lowest BCUT2D eigenvalue weighted by atomic mass is 9.90. The molecule has 1 aromatic carbocycles. The van der Waals surface area contributed by atoms with E-state index in [0.29, 0.717) is 5.92 Å². The molecule has 1 N–H and O–H groups in total. The van der Waals surface area contributed by atoms with E-state index < -0.39 is 0 Å². The Hall–Kier alpha value is -2.62. The molecule has 3 heterocycles. The number of hydrogen-bond donors (Lipinski definition) is 1. The Morgan fingerprint density at radius 1 is 1.22 bits per heavy atom. The van der Waals surface area contributed by atoms with Crippen LogP contribution in [0.2, 0.25) is 0 Å². The maximum absolute atomic E-state index is 12.5. The van der Waals surface area contributed by atoms with E-state index in [0.717, 1.165) is 63.1 Å². The van der Waals surface area contributed by atoms with Crippen molar-refractivity contribution in [3.8, 4) is 0 Å². The van der Waals surface area contributed by atoms with E-state index >= 15 is 0 Å². The average Bonchev–Trinajstić information content (AvgIpc) is 2.73. The number of fused-ring (bicyclic) bond motifs is 1. The Morgan fingerprint density at radius 3 is 2.85 bits per heavy atom. The number of piperidine rings is 1. The molecule has 0 aliphatic carbocycles. The number of nitrogens with one attached hydrogen (secondary N) is 1. The highest BCUT2D eigenvalue weighted by Crippen LogP contribution is 2.23. The molecule has 1 aromatic heterocycles. The molecule has 0 saturated carbocycles. The van der Waals surface area contributed by atoms with Crippen molar-refractivity contribution in [1.29, 1.82) is 0 Å². The Morgan fingerprint density at radius 2 is 2.04 bits per heavy atom. The maximum atomic E-state index is 12.5. The molecule has 2 aliphatic heterocycles. The largest absolute Gasteiger partial charge is 0.370 e. The first-order valence-corrected chi connectivity index (χ1v) is 10.0. The van der Waals surface area contributed by atoms with Gasteiger partial charge in [0.2, 0.25) is 5.91 Å². The number of pyridine rings is 1. The van der Waals surface area contributed by atoms with Crippen LogP contribution in [0.5, 0.6) is 0 Å². The van der Waals surface area contributed by atoms with Crippen LogP contribution in [0.15, 0.2) is 48.7 Å². The van der Waals surface area contributed by atoms with Gasteiger partial charge in [0.1, 0.15) is 5.82 Å². The van der Waals surface area contributed by atoms with Gasteiger partial charge >= 0.3 is 0 Å². The van der Waals surface area contributed by atoms with E-state index in [9.17, 15) is 4.79 Å². The summed E-state index contributed by atoms with van der Waals surface area (Å²) in [7, 11) is 0. The van der Waals surface area contributed by atoms with Gasteiger partial charge < -0.3 is 10.2 Å². The lowest BCUT2D eigenvalue weighted by molar-refractivity contribution is -0.127. The zero-order valence-electron chi connectivity index (χ0n) is 15.7. The monoisotopic (exact) mass is 361 g/mol. The minimum absolute atomic E-state index is 0.115. The number of nitrogens with zero attached hydrogens (tertiary/aromatic N) is 2. The minimum atomic E-state index is 0.115. The third-order valence-electron chi connectivity index (χ3n) is 5.61. The number of hydrogen-bond acceptors (Lipinski definition) is 3. The van der Waals surface area contributed by atoms with E-state index in [-0.39, 0.29) is 5.91 Å². The summed E-state index contributed by atoms with van der Waals surface area (Å²) >= 11 is 0. The standard InChI is InChI=1S/C23H27N3O/c27-22(9-8-20-16-21-7-4-12-24-23(21)25-17-20)26-13-10-19(11-14-26)15-18-5-2-1-3-6-18/h1-3,5-6,8-9,16-17,19H,4,7,10-15H2,(H,24,25). The van der Waals surface area contributed by atoms with Crippen LogP contribution in [0.4, 0.5) is 5.82 Å². The highest BCUT2D eigenvalue weighted by atomic mass is 16.2. The van der Waals surface area contributed by atoms with Crippen molar-refractivity contribution in [2.45, 2.75) is 32.1 Å². The van der Waals surface area contributed by atoms with Crippen LogP contribution >= 0.6 is 0 Å². The van der Waals surface area contributed by atoms with Gasteiger partial charge in [-0.2, -0.15) is 0 Å². The van der Waals surface area contributed by atoms with Gasteiger partial charge in [-0.1, -0.05) is 30.3 Å². The second kappa shape index (κ2) is 8.38. The molecule has 0 bridgehead atoms. The van der Waals surface area contributed by atoms with Gasteiger partial charge in [0.25, 0.3) is 0 Å². The van der Waals surface area contributed by atoms with Gasteiger partial charge in [-0.25, -0.2) is 4.98 Å². The van der Waals surface area contributed by atoms with Crippen molar-refractivity contribution in [2.75, 3.05) is 25.0 Å². The lowest BCUT2D eigenvalue weighted by Crippen LogP contribution is -2.37. The molecule has 0 unspecified atom stereocenters. The zero-order valence-corrected chi connectivity index (χ0v) is 15.7. The molecular weight excluding hydrogens is 334 g/mol. The molecule has 4 nitrogen and oxygen atoms in total. The third kappa shape index (κ3) is 4.57. The third-order valence-corrected chi connectivity index (χ3v) is 5.61. The highest BCUT2D eigenvalue weighted by molar-refractivity contribution is 5.91. The Bertz CT molecular complexity index is 808. The van der Waals surface area contributed by atoms with Crippen LogP contribution in [-0.2, 0) is 17.6 Å². The first kappa shape index (κ1) is 17.8. The fraction of sp³-hybridized carbons (Fsp3) is 0.391. The molecular formula is C23H27N3O. The predicted octanol–water partition coefficient (Wildman–Crippen LogP) is 3.93. The van der Waals surface area contributed by atoms with Crippen molar-refractivity contribution in [1.82, 2.24) is 9.88 Å². The summed E-state index contributed by atoms with van der Waals surface area (Å²) < 4.78 is 0. The maximum Gasteiger partial charge on any atom is 0.246 e. The van der Waals surface area contributed by atoms with Crippen LogP contribution in [-0.4, -0.2) is 35.4 Å². The van der Waals surface area contributed by atoms with E-state index in [1.165, 1.54) is 11.1 Å². The number of aryl methyl sites for hydroxylation is 1. The SMILES string of the molecule is O=C(C=Cc1cnc2c(c1)CCCN2)N1CCC(Cc2ccccc2)CC1. The number of likely N-dealkylation sites (tertiary alicyclic amines) is 1. The summed E-state index contributed by atoms with van der Waals surface area (Å²) in [5.41, 5.74) is 3.65. The summed E-state index contributed by atoms with van der Waals surface area (Å²) in [6.07, 6.45) is 10.9. The molecule has 0 radical (unpaired) electrons. The lowest BCUT2D eigenvalue weighted by Gasteiger charge is -2.31. The first-order valence-electron chi connectivity index (χ1n) is 10.0.